The zero-order chi connectivity index (χ0) is 35.3. The number of aromatic nitrogens is 4. The van der Waals surface area contributed by atoms with Gasteiger partial charge < -0.3 is 4.57 Å². The third-order valence-electron chi connectivity index (χ3n) is 11.4. The van der Waals surface area contributed by atoms with Crippen LogP contribution in [0.5, 0.6) is 0 Å². The fourth-order valence-corrected chi connectivity index (χ4v) is 8.86. The fourth-order valence-electron chi connectivity index (χ4n) is 8.86. The standard InChI is InChI=1S/C49H34N4/c1-49(2)41-17-9-6-14-35(41)36-23-20-33(30-42(36)49)43-26-27-50-48(51-43)53-45-19-11-8-16-38(45)40-29-32(22-25-47(40)53)31-21-24-46-39(28-31)37-15-7-10-18-44(37)52(46)34-12-4-3-5-13-34/h3-30H,1-2H3. The van der Waals surface area contributed by atoms with Crippen molar-refractivity contribution < 1.29 is 0 Å². The van der Waals surface area contributed by atoms with Gasteiger partial charge in [-0.1, -0.05) is 117 Å². The van der Waals surface area contributed by atoms with Crippen LogP contribution in [0.25, 0.3) is 88.8 Å². The number of fused-ring (bicyclic) bond motifs is 9. The van der Waals surface area contributed by atoms with Crippen LogP contribution >= 0.6 is 0 Å². The molecular formula is C49H34N4. The van der Waals surface area contributed by atoms with Gasteiger partial charge in [0.05, 0.1) is 27.8 Å². The van der Waals surface area contributed by atoms with Gasteiger partial charge in [0.1, 0.15) is 0 Å². The lowest BCUT2D eigenvalue weighted by Gasteiger charge is -2.21. The maximum Gasteiger partial charge on any atom is 0.235 e. The lowest BCUT2D eigenvalue weighted by atomic mass is 9.82. The highest BCUT2D eigenvalue weighted by molar-refractivity contribution is 6.12. The molecule has 1 aliphatic rings. The van der Waals surface area contributed by atoms with Crippen LogP contribution in [0, 0.1) is 0 Å². The van der Waals surface area contributed by atoms with Gasteiger partial charge in [0, 0.05) is 44.4 Å². The lowest BCUT2D eigenvalue weighted by Crippen LogP contribution is -2.15. The maximum absolute atomic E-state index is 5.23. The van der Waals surface area contributed by atoms with Crippen molar-refractivity contribution in [3.05, 3.63) is 181 Å². The summed E-state index contributed by atoms with van der Waals surface area (Å²) in [5, 5.41) is 4.85. The molecule has 0 spiro atoms. The highest BCUT2D eigenvalue weighted by Crippen LogP contribution is 2.49. The third kappa shape index (κ3) is 4.36. The van der Waals surface area contributed by atoms with Crippen LogP contribution in [-0.2, 0) is 5.41 Å². The number of benzene rings is 7. The summed E-state index contributed by atoms with van der Waals surface area (Å²) in [6, 6.07) is 59.2. The predicted octanol–water partition coefficient (Wildman–Crippen LogP) is 12.3. The first-order valence-electron chi connectivity index (χ1n) is 18.2. The van der Waals surface area contributed by atoms with Gasteiger partial charge in [0.15, 0.2) is 0 Å². The van der Waals surface area contributed by atoms with E-state index in [9.17, 15) is 0 Å². The van der Waals surface area contributed by atoms with Crippen LogP contribution in [0.3, 0.4) is 0 Å². The van der Waals surface area contributed by atoms with E-state index in [1.807, 2.05) is 12.3 Å². The Morgan fingerprint density at radius 1 is 0.434 bits per heavy atom. The van der Waals surface area contributed by atoms with E-state index in [0.717, 1.165) is 28.0 Å². The van der Waals surface area contributed by atoms with Crippen molar-refractivity contribution >= 4 is 43.6 Å². The van der Waals surface area contributed by atoms with Crippen molar-refractivity contribution in [2.24, 2.45) is 0 Å². The summed E-state index contributed by atoms with van der Waals surface area (Å²) in [5.74, 6) is 0.666. The molecule has 7 aromatic carbocycles. The van der Waals surface area contributed by atoms with Crippen LogP contribution < -0.4 is 0 Å². The van der Waals surface area contributed by atoms with Crippen molar-refractivity contribution in [1.82, 2.24) is 19.1 Å². The average molecular weight is 679 g/mol. The first kappa shape index (κ1) is 29.9. The molecule has 0 fully saturated rings. The smallest absolute Gasteiger partial charge is 0.235 e. The van der Waals surface area contributed by atoms with Crippen molar-refractivity contribution in [3.8, 4) is 45.1 Å². The van der Waals surface area contributed by atoms with Crippen molar-refractivity contribution in [3.63, 3.8) is 0 Å². The minimum Gasteiger partial charge on any atom is -0.309 e. The molecule has 0 unspecified atom stereocenters. The van der Waals surface area contributed by atoms with Crippen molar-refractivity contribution in [2.45, 2.75) is 19.3 Å². The lowest BCUT2D eigenvalue weighted by molar-refractivity contribution is 0.660. The van der Waals surface area contributed by atoms with E-state index in [1.165, 1.54) is 66.0 Å². The van der Waals surface area contributed by atoms with Gasteiger partial charge in [-0.05, 0) is 94.0 Å². The van der Waals surface area contributed by atoms with Crippen LogP contribution in [0.4, 0.5) is 0 Å². The van der Waals surface area contributed by atoms with Crippen LogP contribution in [0.15, 0.2) is 170 Å². The van der Waals surface area contributed by atoms with Gasteiger partial charge in [0.2, 0.25) is 5.95 Å². The second kappa shape index (κ2) is 11.1. The van der Waals surface area contributed by atoms with Crippen LogP contribution in [0.1, 0.15) is 25.0 Å². The van der Waals surface area contributed by atoms with Crippen LogP contribution in [0.2, 0.25) is 0 Å². The van der Waals surface area contributed by atoms with Gasteiger partial charge in [-0.15, -0.1) is 0 Å². The number of para-hydroxylation sites is 3. The summed E-state index contributed by atoms with van der Waals surface area (Å²) in [4.78, 5) is 10.1. The molecule has 0 aliphatic heterocycles. The minimum atomic E-state index is -0.0775. The summed E-state index contributed by atoms with van der Waals surface area (Å²) in [7, 11) is 0. The zero-order valence-electron chi connectivity index (χ0n) is 29.5. The van der Waals surface area contributed by atoms with E-state index >= 15 is 0 Å². The largest absolute Gasteiger partial charge is 0.309 e. The van der Waals surface area contributed by atoms with E-state index in [4.69, 9.17) is 9.97 Å². The van der Waals surface area contributed by atoms with Gasteiger partial charge in [0.25, 0.3) is 0 Å². The number of hydrogen-bond acceptors (Lipinski definition) is 2. The molecule has 0 N–H and O–H groups in total. The topological polar surface area (TPSA) is 35.6 Å². The normalized spacial score (nSPS) is 13.2. The molecule has 3 aromatic heterocycles. The monoisotopic (exact) mass is 678 g/mol. The van der Waals surface area contributed by atoms with E-state index in [-0.39, 0.29) is 5.41 Å². The second-order valence-corrected chi connectivity index (χ2v) is 14.7. The molecular weight excluding hydrogens is 645 g/mol. The molecule has 11 rings (SSSR count). The first-order chi connectivity index (χ1) is 26.0. The quantitative estimate of drug-likeness (QED) is 0.186. The molecule has 0 saturated carbocycles. The molecule has 0 bridgehead atoms. The Kier molecular flexibility index (Phi) is 6.27. The van der Waals surface area contributed by atoms with Crippen LogP contribution in [-0.4, -0.2) is 19.1 Å². The molecule has 0 amide bonds. The van der Waals surface area contributed by atoms with Crippen molar-refractivity contribution in [1.29, 1.82) is 0 Å². The van der Waals surface area contributed by atoms with Gasteiger partial charge in [-0.3, -0.25) is 4.57 Å². The fraction of sp³-hybridized carbons (Fsp3) is 0.0612. The number of nitrogens with zero attached hydrogens (tertiary/aromatic N) is 4. The Hall–Kier alpha value is -6.78. The molecule has 0 saturated heterocycles. The molecule has 53 heavy (non-hydrogen) atoms. The third-order valence-corrected chi connectivity index (χ3v) is 11.4. The van der Waals surface area contributed by atoms with E-state index in [0.29, 0.717) is 5.95 Å². The summed E-state index contributed by atoms with van der Waals surface area (Å²) < 4.78 is 4.57. The van der Waals surface area contributed by atoms with E-state index in [1.54, 1.807) is 0 Å². The van der Waals surface area contributed by atoms with Crippen molar-refractivity contribution in [2.75, 3.05) is 0 Å². The Labute approximate surface area is 307 Å². The molecule has 0 radical (unpaired) electrons. The number of rotatable bonds is 4. The Morgan fingerprint density at radius 3 is 1.74 bits per heavy atom. The highest BCUT2D eigenvalue weighted by Gasteiger charge is 2.35. The Balaban J connectivity index is 1.04. The summed E-state index contributed by atoms with van der Waals surface area (Å²) in [5.41, 5.74) is 15.4. The molecule has 0 atom stereocenters. The van der Waals surface area contributed by atoms with Gasteiger partial charge >= 0.3 is 0 Å². The maximum atomic E-state index is 5.23. The number of hydrogen-bond donors (Lipinski definition) is 0. The van der Waals surface area contributed by atoms with E-state index in [2.05, 4.69) is 181 Å². The Morgan fingerprint density at radius 2 is 1.00 bits per heavy atom. The predicted molar refractivity (Wildman–Crippen MR) is 219 cm³/mol. The summed E-state index contributed by atoms with van der Waals surface area (Å²) in [6.45, 7) is 4.64. The minimum absolute atomic E-state index is 0.0775. The zero-order valence-corrected chi connectivity index (χ0v) is 29.5. The van der Waals surface area contributed by atoms with Gasteiger partial charge in [-0.2, -0.15) is 0 Å². The molecule has 4 nitrogen and oxygen atoms in total. The molecule has 3 heterocycles. The van der Waals surface area contributed by atoms with Gasteiger partial charge in [-0.25, -0.2) is 9.97 Å². The molecule has 250 valence electrons. The SMILES string of the molecule is CC1(C)c2ccccc2-c2ccc(-c3ccnc(-n4c5ccccc5c5cc(-c6ccc7c(c6)c6ccccc6n7-c6ccccc6)ccc54)n3)cc21. The Bertz CT molecular complexity index is 3090. The molecule has 1 aliphatic carbocycles. The summed E-state index contributed by atoms with van der Waals surface area (Å²) in [6.07, 6.45) is 1.89. The molecule has 4 heteroatoms. The second-order valence-electron chi connectivity index (χ2n) is 14.7. The van der Waals surface area contributed by atoms with E-state index < -0.39 is 0 Å². The summed E-state index contributed by atoms with van der Waals surface area (Å²) >= 11 is 0. The average Bonchev–Trinajstić information content (AvgIpc) is 3.81. The highest BCUT2D eigenvalue weighted by atomic mass is 15.2. The first-order valence-corrected chi connectivity index (χ1v) is 18.2. The molecule has 10 aromatic rings.